The second-order valence-electron chi connectivity index (χ2n) is 6.38. The van der Waals surface area contributed by atoms with E-state index in [1.165, 1.54) is 18.2 Å². The topological polar surface area (TPSA) is 68.5 Å². The molecule has 1 aromatic heterocycles. The van der Waals surface area contributed by atoms with Crippen molar-refractivity contribution in [3.8, 4) is 5.69 Å². The lowest BCUT2D eigenvalue weighted by atomic mass is 9.65. The molecule has 4 rings (SSSR count). The first-order chi connectivity index (χ1) is 12.1. The Hall–Kier alpha value is -2.34. The van der Waals surface area contributed by atoms with Crippen molar-refractivity contribution in [1.82, 2.24) is 9.78 Å². The van der Waals surface area contributed by atoms with Gasteiger partial charge in [-0.1, -0.05) is 18.0 Å². The zero-order valence-corrected chi connectivity index (χ0v) is 14.9. The molecular weight excluding hydrogens is 340 g/mol. The van der Waals surface area contributed by atoms with E-state index in [-0.39, 0.29) is 5.41 Å². The average Bonchev–Trinajstić information content (AvgIpc) is 3.15. The molecule has 0 amide bonds. The molecule has 0 atom stereocenters. The number of amidine groups is 1. The van der Waals surface area contributed by atoms with Gasteiger partial charge in [-0.2, -0.15) is 5.10 Å². The monoisotopic (exact) mass is 358 g/mol. The van der Waals surface area contributed by atoms with E-state index in [1.54, 1.807) is 17.8 Å². The van der Waals surface area contributed by atoms with Crippen LogP contribution < -0.4 is 5.32 Å². The molecule has 0 radical (unpaired) electrons. The van der Waals surface area contributed by atoms with E-state index in [1.807, 2.05) is 19.2 Å². The summed E-state index contributed by atoms with van der Waals surface area (Å²) in [6.07, 6.45) is 6.49. The molecule has 25 heavy (non-hydrogen) atoms. The number of carbonyl (C=O) groups is 1. The molecule has 2 aromatic rings. The van der Waals surface area contributed by atoms with Gasteiger partial charge in [-0.3, -0.25) is 4.99 Å². The van der Waals surface area contributed by atoms with Crippen LogP contribution in [-0.4, -0.2) is 35.2 Å². The van der Waals surface area contributed by atoms with Crippen LogP contribution in [0, 0.1) is 0 Å². The van der Waals surface area contributed by atoms with Crippen LogP contribution in [0.5, 0.6) is 0 Å². The molecule has 1 saturated carbocycles. The van der Waals surface area contributed by atoms with Crippen molar-refractivity contribution in [2.24, 2.45) is 4.99 Å². The van der Waals surface area contributed by atoms with Crippen LogP contribution in [0.2, 0.25) is 5.02 Å². The van der Waals surface area contributed by atoms with Crippen LogP contribution >= 0.6 is 11.6 Å². The molecule has 1 aromatic carbocycles. The molecule has 1 spiro atoms. The van der Waals surface area contributed by atoms with E-state index in [9.17, 15) is 4.79 Å². The zero-order chi connectivity index (χ0) is 17.6. The number of fused-ring (bicyclic) bond motifs is 2. The minimum absolute atomic E-state index is 0.00748. The summed E-state index contributed by atoms with van der Waals surface area (Å²) < 4.78 is 6.61. The van der Waals surface area contributed by atoms with Gasteiger partial charge in [0, 0.05) is 18.9 Å². The van der Waals surface area contributed by atoms with Gasteiger partial charge < -0.3 is 10.1 Å². The van der Waals surface area contributed by atoms with Crippen LogP contribution in [0.15, 0.2) is 29.5 Å². The predicted molar refractivity (Wildman–Crippen MR) is 97.0 cm³/mol. The summed E-state index contributed by atoms with van der Waals surface area (Å²) in [5.41, 5.74) is 3.32. The van der Waals surface area contributed by atoms with Gasteiger partial charge >= 0.3 is 5.97 Å². The molecule has 1 aliphatic carbocycles. The highest BCUT2D eigenvalue weighted by Crippen LogP contribution is 2.52. The van der Waals surface area contributed by atoms with Gasteiger partial charge in [-0.05, 0) is 37.5 Å². The van der Waals surface area contributed by atoms with E-state index in [0.717, 1.165) is 30.1 Å². The van der Waals surface area contributed by atoms with Crippen molar-refractivity contribution < 1.29 is 9.53 Å². The van der Waals surface area contributed by atoms with Crippen molar-refractivity contribution in [2.75, 3.05) is 19.0 Å². The number of aromatic nitrogens is 2. The fourth-order valence-corrected chi connectivity index (χ4v) is 3.94. The lowest BCUT2D eigenvalue weighted by Gasteiger charge is -2.38. The zero-order valence-electron chi connectivity index (χ0n) is 14.2. The van der Waals surface area contributed by atoms with Crippen molar-refractivity contribution in [3.63, 3.8) is 0 Å². The van der Waals surface area contributed by atoms with Gasteiger partial charge in [0.2, 0.25) is 0 Å². The summed E-state index contributed by atoms with van der Waals surface area (Å²) in [5, 5.41) is 8.28. The summed E-state index contributed by atoms with van der Waals surface area (Å²) in [6, 6.07) is 3.97. The van der Waals surface area contributed by atoms with E-state index in [0.29, 0.717) is 17.2 Å². The Morgan fingerprint density at radius 2 is 2.28 bits per heavy atom. The predicted octanol–water partition coefficient (Wildman–Crippen LogP) is 3.58. The lowest BCUT2D eigenvalue weighted by Crippen LogP contribution is -2.41. The number of anilines is 1. The fourth-order valence-electron chi connectivity index (χ4n) is 3.69. The van der Waals surface area contributed by atoms with E-state index < -0.39 is 5.97 Å². The minimum Gasteiger partial charge on any atom is -0.462 e. The normalized spacial score (nSPS) is 18.8. The number of nitrogens with zero attached hydrogens (tertiary/aromatic N) is 3. The van der Waals surface area contributed by atoms with Crippen LogP contribution in [0.1, 0.15) is 42.1 Å². The Balaban J connectivity index is 1.73. The highest BCUT2D eigenvalue weighted by Gasteiger charge is 2.49. The molecule has 0 bridgehead atoms. The highest BCUT2D eigenvalue weighted by molar-refractivity contribution is 6.33. The molecule has 1 N–H and O–H groups in total. The van der Waals surface area contributed by atoms with Crippen molar-refractivity contribution >= 4 is 29.1 Å². The first kappa shape index (κ1) is 16.1. The fraction of sp³-hybridized carbons (Fsp3) is 0.389. The Labute approximate surface area is 150 Å². The number of rotatable bonds is 3. The quantitative estimate of drug-likeness (QED) is 0.851. The molecule has 0 saturated heterocycles. The highest BCUT2D eigenvalue weighted by atomic mass is 35.5. The molecule has 2 heterocycles. The lowest BCUT2D eigenvalue weighted by molar-refractivity contribution is 0.0526. The first-order valence-corrected chi connectivity index (χ1v) is 8.77. The first-order valence-electron chi connectivity index (χ1n) is 8.39. The molecule has 6 nitrogen and oxygen atoms in total. The standard InChI is InChI=1S/C18H19ClN4O2/c1-3-25-16(24)11-9-21-23(10-11)15-8-14-12(7-13(15)19)18(5-4-6-18)17(20-2)22-14/h7-10H,3-6H2,1-2H3,(H,20,22). The maximum absolute atomic E-state index is 11.8. The van der Waals surface area contributed by atoms with Crippen LogP contribution in [-0.2, 0) is 10.2 Å². The number of aliphatic imine (C=N–C) groups is 1. The number of nitrogens with one attached hydrogen (secondary N) is 1. The van der Waals surface area contributed by atoms with Crippen molar-refractivity contribution in [2.45, 2.75) is 31.6 Å². The molecule has 1 fully saturated rings. The Morgan fingerprint density at radius 3 is 2.92 bits per heavy atom. The van der Waals surface area contributed by atoms with Gasteiger partial charge in [0.25, 0.3) is 0 Å². The van der Waals surface area contributed by atoms with Crippen LogP contribution in [0.25, 0.3) is 5.69 Å². The van der Waals surface area contributed by atoms with Gasteiger partial charge in [-0.15, -0.1) is 0 Å². The average molecular weight is 359 g/mol. The summed E-state index contributed by atoms with van der Waals surface area (Å²) in [7, 11) is 1.82. The Bertz CT molecular complexity index is 883. The van der Waals surface area contributed by atoms with Gasteiger partial charge in [-0.25, -0.2) is 9.48 Å². The molecular formula is C18H19ClN4O2. The number of halogens is 1. The minimum atomic E-state index is -0.391. The van der Waals surface area contributed by atoms with E-state index in [2.05, 4.69) is 15.4 Å². The number of ether oxygens (including phenoxy) is 1. The third-order valence-electron chi connectivity index (χ3n) is 5.08. The molecule has 130 valence electrons. The smallest absolute Gasteiger partial charge is 0.341 e. The van der Waals surface area contributed by atoms with Crippen LogP contribution in [0.3, 0.4) is 0 Å². The summed E-state index contributed by atoms with van der Waals surface area (Å²) in [6.45, 7) is 2.10. The summed E-state index contributed by atoms with van der Waals surface area (Å²) in [4.78, 5) is 16.3. The summed E-state index contributed by atoms with van der Waals surface area (Å²) >= 11 is 6.55. The SMILES string of the molecule is CCOC(=O)c1cnn(-c2cc3c(cc2Cl)C2(CCC2)C(=NC)N3)c1. The largest absolute Gasteiger partial charge is 0.462 e. The third kappa shape index (κ3) is 2.35. The number of esters is 1. The maximum Gasteiger partial charge on any atom is 0.341 e. The Kier molecular flexibility index (Phi) is 3.80. The number of hydrogen-bond acceptors (Lipinski definition) is 4. The van der Waals surface area contributed by atoms with E-state index in [4.69, 9.17) is 16.3 Å². The Morgan fingerprint density at radius 1 is 1.48 bits per heavy atom. The van der Waals surface area contributed by atoms with Gasteiger partial charge in [0.05, 0.1) is 34.5 Å². The van der Waals surface area contributed by atoms with Crippen molar-refractivity contribution in [1.29, 1.82) is 0 Å². The maximum atomic E-state index is 11.8. The molecule has 7 heteroatoms. The van der Waals surface area contributed by atoms with Gasteiger partial charge in [0.1, 0.15) is 5.84 Å². The van der Waals surface area contributed by atoms with E-state index >= 15 is 0 Å². The number of carbonyl (C=O) groups excluding carboxylic acids is 1. The second kappa shape index (κ2) is 5.88. The second-order valence-corrected chi connectivity index (χ2v) is 6.78. The van der Waals surface area contributed by atoms with Gasteiger partial charge in [0.15, 0.2) is 0 Å². The summed E-state index contributed by atoms with van der Waals surface area (Å²) in [5.74, 6) is 0.618. The van der Waals surface area contributed by atoms with Crippen LogP contribution in [0.4, 0.5) is 5.69 Å². The number of benzene rings is 1. The third-order valence-corrected chi connectivity index (χ3v) is 5.38. The molecule has 2 aliphatic rings. The van der Waals surface area contributed by atoms with Crippen molar-refractivity contribution in [3.05, 3.63) is 40.7 Å². The molecule has 0 unspecified atom stereocenters. The molecule has 1 aliphatic heterocycles. The number of hydrogen-bond donors (Lipinski definition) is 1.